The highest BCUT2D eigenvalue weighted by Gasteiger charge is 2.27. The molecule has 6 aliphatic rings. The molecule has 137 heavy (non-hydrogen) atoms. The van der Waals surface area contributed by atoms with Gasteiger partial charge in [-0.05, 0) is 238 Å². The Morgan fingerprint density at radius 3 is 1.22 bits per heavy atom. The molecule has 0 fully saturated rings. The minimum atomic E-state index is 0.383. The van der Waals surface area contributed by atoms with Crippen molar-refractivity contribution in [2.45, 2.75) is 200 Å². The fourth-order valence-electron chi connectivity index (χ4n) is 17.9. The number of thiophene rings is 4. The molecule has 9 aromatic carbocycles. The van der Waals surface area contributed by atoms with E-state index in [1.807, 2.05) is 58.8 Å². The summed E-state index contributed by atoms with van der Waals surface area (Å²) in [5, 5.41) is 8.94. The molecule has 0 bridgehead atoms. The summed E-state index contributed by atoms with van der Waals surface area (Å²) < 4.78 is 5.22. The van der Waals surface area contributed by atoms with Crippen molar-refractivity contribution < 1.29 is 0 Å². The van der Waals surface area contributed by atoms with Gasteiger partial charge >= 0.3 is 0 Å². The summed E-state index contributed by atoms with van der Waals surface area (Å²) in [5.74, 6) is 21.1. The number of benzene rings is 9. The molecule has 0 saturated heterocycles. The topological polar surface area (TPSA) is 189 Å². The predicted octanol–water partition coefficient (Wildman–Crippen LogP) is 33.0. The summed E-state index contributed by atoms with van der Waals surface area (Å²) in [6.07, 6.45) is 16.5. The molecule has 23 rings (SSSR count). The van der Waals surface area contributed by atoms with Crippen LogP contribution in [-0.2, 0) is 32.1 Å². The molecular formula is C119H118N14S4. The van der Waals surface area contributed by atoms with Crippen LogP contribution in [0.15, 0.2) is 237 Å². The second kappa shape index (κ2) is 39.5. The average Bonchev–Trinajstić information content (AvgIpc) is 1.78. The molecule has 0 aliphatic carbocycles. The number of hydrogen-bond donors (Lipinski definition) is 4. The van der Waals surface area contributed by atoms with E-state index in [4.69, 9.17) is 25.0 Å². The number of aromatic nitrogens is 8. The SMILES string of the molecule is CC(C)C1=NC=C(c2ccc(-c3ccc4c5c(sc4c3)N=C(C(C)C)C5)cc2)C1.CC(C)C1=Nc2cc3sc(-c4ccc(-c5cnc(C(C)C)[nH]5)cc4)cc3cc2C1.CC(C)C1=Nc2cc3sc(-c4ccc(-c5cnc(C(C)C)[nH]5)cc4)cc3cc2C1.CC(C)C1=Nc2cc3sc(C#Cc4cnc(C(C)C)[nH]4)cc3cc2C1.CCC1=Nc2cc3ccc(C#Cc4cnc(C(C)C)[nH]4)cc3cc2C1. The Morgan fingerprint density at radius 2 is 0.737 bits per heavy atom. The van der Waals surface area contributed by atoms with Crippen molar-refractivity contribution in [2.24, 2.45) is 59.5 Å². The zero-order chi connectivity index (χ0) is 95.3. The lowest BCUT2D eigenvalue weighted by Crippen LogP contribution is -2.06. The Morgan fingerprint density at radius 1 is 0.307 bits per heavy atom. The van der Waals surface area contributed by atoms with E-state index in [2.05, 4.69) is 376 Å². The summed E-state index contributed by atoms with van der Waals surface area (Å²) in [5.41, 5.74) is 34.0. The highest BCUT2D eigenvalue weighted by molar-refractivity contribution is 7.23. The second-order valence-corrected chi connectivity index (χ2v) is 43.9. The number of aliphatic imine (C=N–C) groups is 6. The van der Waals surface area contributed by atoms with Crippen molar-refractivity contribution in [3.63, 3.8) is 0 Å². The van der Waals surface area contributed by atoms with E-state index in [-0.39, 0.29) is 0 Å². The van der Waals surface area contributed by atoms with Crippen LogP contribution in [0, 0.1) is 53.3 Å². The molecule has 0 unspecified atom stereocenters. The quantitative estimate of drug-likeness (QED) is 0.0701. The van der Waals surface area contributed by atoms with Crippen molar-refractivity contribution in [1.82, 2.24) is 39.9 Å². The first-order valence-corrected chi connectivity index (χ1v) is 51.8. The summed E-state index contributed by atoms with van der Waals surface area (Å²) in [4.78, 5) is 63.5. The minimum Gasteiger partial charge on any atom is -0.342 e. The van der Waals surface area contributed by atoms with Crippen LogP contribution in [0.3, 0.4) is 0 Å². The van der Waals surface area contributed by atoms with E-state index in [1.54, 1.807) is 17.5 Å². The van der Waals surface area contributed by atoms with Gasteiger partial charge in [-0.3, -0.25) is 25.0 Å². The van der Waals surface area contributed by atoms with Crippen LogP contribution in [-0.4, -0.2) is 74.1 Å². The fraction of sp³-hybridized carbons (Fsp3) is 0.294. The first kappa shape index (κ1) is 92.8. The maximum Gasteiger partial charge on any atom is 0.120 e. The lowest BCUT2D eigenvalue weighted by Gasteiger charge is -2.08. The van der Waals surface area contributed by atoms with Gasteiger partial charge in [0.05, 0.1) is 63.8 Å². The molecule has 0 amide bonds. The number of imidazole rings is 4. The Labute approximate surface area is 821 Å². The first-order chi connectivity index (χ1) is 66.0. The summed E-state index contributed by atoms with van der Waals surface area (Å²) in [6.45, 7) is 41.4. The third kappa shape index (κ3) is 20.5. The molecule has 0 atom stereocenters. The first-order valence-electron chi connectivity index (χ1n) is 48.6. The molecule has 14 nitrogen and oxygen atoms in total. The van der Waals surface area contributed by atoms with Crippen LogP contribution in [0.2, 0.25) is 0 Å². The van der Waals surface area contributed by atoms with Gasteiger partial charge < -0.3 is 19.9 Å². The van der Waals surface area contributed by atoms with Crippen molar-refractivity contribution in [3.8, 4) is 78.2 Å². The molecule has 6 aliphatic heterocycles. The Bertz CT molecular complexity index is 7660. The summed E-state index contributed by atoms with van der Waals surface area (Å²) >= 11 is 7.25. The van der Waals surface area contributed by atoms with Gasteiger partial charge in [-0.25, -0.2) is 24.9 Å². The van der Waals surface area contributed by atoms with Gasteiger partial charge in [0.25, 0.3) is 0 Å². The van der Waals surface area contributed by atoms with Crippen LogP contribution in [0.1, 0.15) is 247 Å². The van der Waals surface area contributed by atoms with Gasteiger partial charge in [0.2, 0.25) is 0 Å². The molecule has 688 valence electrons. The number of aromatic amines is 4. The second-order valence-electron chi connectivity index (χ2n) is 39.7. The lowest BCUT2D eigenvalue weighted by atomic mass is 9.95. The van der Waals surface area contributed by atoms with Crippen LogP contribution >= 0.6 is 45.3 Å². The average molecular weight is 1870 g/mol. The Hall–Kier alpha value is -13.2. The standard InChI is InChI=1S/C26H26N2S.2C25H25N3S.C22H21N3.C21H21N3S/c1-15(2)23-11-20(14-27-23)18-7-5-17(6-8-18)19-9-10-21-22-13-24(16(3)4)28-26(22)29-25(21)12-19;2*1-14(2)20-10-18-9-19-11-23(29-24(19)12-21(18)27-20)17-7-5-16(6-8-17)22-13-26-25(28-22)15(3)4;1-4-19-11-18-10-17-9-15(5-7-16(17)12-21(18)24-19)6-8-20-13-23-22(25-20)14(2)3;1-12(2)18-9-14-7-15-8-17(25-20(15)10-19(14)24-18)6-5-16-11-22-21(23-16)13(3)4/h5-10,12,14-16H,11,13H2,1-4H3;2*5-9,11-15H,10H2,1-4H3,(H,26,28);5,7,9-10,12-14H,4,11H2,1-3H3,(H,23,25);7-8,10-13H,9H2,1-4H3,(H,22,23). The third-order valence-corrected chi connectivity index (χ3v) is 30.8. The highest BCUT2D eigenvalue weighted by Crippen LogP contribution is 2.47. The van der Waals surface area contributed by atoms with Gasteiger partial charge in [0, 0.05) is 142 Å². The van der Waals surface area contributed by atoms with Crippen LogP contribution in [0.25, 0.3) is 111 Å². The number of nitrogens with zero attached hydrogens (tertiary/aromatic N) is 10. The van der Waals surface area contributed by atoms with E-state index < -0.39 is 0 Å². The Balaban J connectivity index is 0.000000110. The maximum atomic E-state index is 4.88. The van der Waals surface area contributed by atoms with Gasteiger partial charge in [-0.15, -0.1) is 45.3 Å². The van der Waals surface area contributed by atoms with Crippen molar-refractivity contribution in [3.05, 3.63) is 285 Å². The lowest BCUT2D eigenvalue weighted by molar-refractivity contribution is 0.793. The molecule has 0 spiro atoms. The summed E-state index contributed by atoms with van der Waals surface area (Å²) in [7, 11) is 0. The van der Waals surface area contributed by atoms with Gasteiger partial charge in [-0.2, -0.15) is 0 Å². The fourth-order valence-corrected chi connectivity index (χ4v) is 22.1. The van der Waals surface area contributed by atoms with E-state index in [9.17, 15) is 0 Å². The minimum absolute atomic E-state index is 0.383. The number of nitrogens with one attached hydrogen (secondary N) is 4. The van der Waals surface area contributed by atoms with Crippen molar-refractivity contribution >= 4 is 164 Å². The normalized spacial score (nSPS) is 13.9. The molecule has 8 aromatic heterocycles. The van der Waals surface area contributed by atoms with Crippen molar-refractivity contribution in [1.29, 1.82) is 0 Å². The molecular weight excluding hydrogens is 1750 g/mol. The maximum absolute atomic E-state index is 4.88. The number of fused-ring (bicyclic) bond motifs is 11. The zero-order valence-corrected chi connectivity index (χ0v) is 85.1. The molecule has 18 heteroatoms. The zero-order valence-electron chi connectivity index (χ0n) is 81.9. The van der Waals surface area contributed by atoms with Crippen LogP contribution < -0.4 is 0 Å². The molecule has 4 N–H and O–H groups in total. The number of H-pyrrole nitrogens is 4. The largest absolute Gasteiger partial charge is 0.342 e. The molecule has 0 radical (unpaired) electrons. The number of hydrogen-bond acceptors (Lipinski definition) is 14. The molecule has 0 saturated carbocycles. The van der Waals surface area contributed by atoms with Gasteiger partial charge in [0.1, 0.15) is 39.7 Å². The van der Waals surface area contributed by atoms with E-state index >= 15 is 0 Å². The van der Waals surface area contributed by atoms with Crippen molar-refractivity contribution in [2.75, 3.05) is 0 Å². The monoisotopic (exact) mass is 1870 g/mol. The molecule has 17 aromatic rings. The number of rotatable bonds is 16. The molecule has 14 heterocycles. The Kier molecular flexibility index (Phi) is 26.8. The van der Waals surface area contributed by atoms with Gasteiger partial charge in [-0.1, -0.05) is 228 Å². The third-order valence-electron chi connectivity index (χ3n) is 26.4. The highest BCUT2D eigenvalue weighted by atomic mass is 32.1. The smallest absolute Gasteiger partial charge is 0.120 e. The van der Waals surface area contributed by atoms with Crippen LogP contribution in [0.4, 0.5) is 27.8 Å². The van der Waals surface area contributed by atoms with E-state index in [0.29, 0.717) is 53.3 Å². The van der Waals surface area contributed by atoms with E-state index in [1.165, 1.54) is 172 Å². The van der Waals surface area contributed by atoms with Gasteiger partial charge in [0.15, 0.2) is 0 Å². The summed E-state index contributed by atoms with van der Waals surface area (Å²) in [6, 6.07) is 64.6. The predicted molar refractivity (Wildman–Crippen MR) is 587 cm³/mol. The van der Waals surface area contributed by atoms with E-state index in [0.717, 1.165) is 124 Å². The number of allylic oxidation sites excluding steroid dienone is 1. The van der Waals surface area contributed by atoms with Crippen LogP contribution in [0.5, 0.6) is 0 Å².